The summed E-state index contributed by atoms with van der Waals surface area (Å²) in [5.41, 5.74) is 7.47. The Kier molecular flexibility index (Phi) is 14.0. The first-order valence-electron chi connectivity index (χ1n) is 15.8. The third-order valence-electron chi connectivity index (χ3n) is 8.24. The van der Waals surface area contributed by atoms with E-state index < -0.39 is 47.9 Å². The number of benzene rings is 2. The second-order valence-corrected chi connectivity index (χ2v) is 11.4. The number of aliphatic carboxylic acids is 1. The molecule has 1 aliphatic rings. The van der Waals surface area contributed by atoms with Crippen LogP contribution in [0.25, 0.3) is 0 Å². The summed E-state index contributed by atoms with van der Waals surface area (Å²) in [5.74, 6) is -3.30. The Bertz CT molecular complexity index is 1270. The smallest absolute Gasteiger partial charge is 0.338 e. The maximum absolute atomic E-state index is 13.6. The molecular formula is C34H46N4O7. The van der Waals surface area contributed by atoms with E-state index in [9.17, 15) is 29.1 Å². The first-order valence-corrected chi connectivity index (χ1v) is 15.8. The van der Waals surface area contributed by atoms with Crippen LogP contribution in [0.15, 0.2) is 60.7 Å². The molecule has 1 heterocycles. The molecule has 5 atom stereocenters. The number of nitrogens with two attached hydrogens (primary N) is 1. The van der Waals surface area contributed by atoms with Crippen molar-refractivity contribution in [2.75, 3.05) is 13.2 Å². The number of rotatable bonds is 17. The minimum Gasteiger partial charge on any atom is -0.480 e. The Balaban J connectivity index is 1.57. The summed E-state index contributed by atoms with van der Waals surface area (Å²) >= 11 is 0. The minimum absolute atomic E-state index is 0.208. The number of carboxylic acid groups (broad SMARTS) is 1. The van der Waals surface area contributed by atoms with Crippen LogP contribution in [-0.2, 0) is 30.3 Å². The molecular weight excluding hydrogens is 576 g/mol. The van der Waals surface area contributed by atoms with Crippen molar-refractivity contribution >= 4 is 29.7 Å². The molecule has 0 radical (unpaired) electrons. The van der Waals surface area contributed by atoms with Gasteiger partial charge in [0, 0.05) is 19.0 Å². The lowest BCUT2D eigenvalue weighted by Gasteiger charge is -2.31. The summed E-state index contributed by atoms with van der Waals surface area (Å²) in [6.45, 7) is 4.23. The summed E-state index contributed by atoms with van der Waals surface area (Å²) in [6, 6.07) is 14.7. The van der Waals surface area contributed by atoms with Crippen LogP contribution in [0.3, 0.4) is 0 Å². The molecule has 11 nitrogen and oxygen atoms in total. The molecule has 3 amide bonds. The average molecular weight is 623 g/mol. The average Bonchev–Trinajstić information content (AvgIpc) is 3.55. The summed E-state index contributed by atoms with van der Waals surface area (Å²) < 4.78 is 5.28. The highest BCUT2D eigenvalue weighted by Gasteiger charge is 2.39. The lowest BCUT2D eigenvalue weighted by atomic mass is 9.92. The molecule has 1 fully saturated rings. The van der Waals surface area contributed by atoms with Gasteiger partial charge in [-0.15, -0.1) is 0 Å². The number of hydrogen-bond acceptors (Lipinski definition) is 7. The van der Waals surface area contributed by atoms with Crippen LogP contribution >= 0.6 is 0 Å². The zero-order chi connectivity index (χ0) is 32.8. The van der Waals surface area contributed by atoms with Crippen LogP contribution in [0.2, 0.25) is 0 Å². The van der Waals surface area contributed by atoms with Crippen LogP contribution in [0.1, 0.15) is 74.7 Å². The van der Waals surface area contributed by atoms with Gasteiger partial charge in [-0.3, -0.25) is 14.4 Å². The van der Waals surface area contributed by atoms with Gasteiger partial charge in [0.2, 0.25) is 17.7 Å². The Hall–Kier alpha value is -4.25. The SMILES string of the molecule is CCC(C(=O)N[C@@H](Cc1ccccc1)C(=O)N1CCC[C@@H]1C(=O)O)[C@H](CC)NC(=O)[C@@H](N)CCCCOC(=O)c1ccccc1. The van der Waals surface area contributed by atoms with Gasteiger partial charge in [0.1, 0.15) is 12.1 Å². The maximum Gasteiger partial charge on any atom is 0.338 e. The third-order valence-corrected chi connectivity index (χ3v) is 8.24. The van der Waals surface area contributed by atoms with Crippen molar-refractivity contribution in [3.05, 3.63) is 71.8 Å². The fraction of sp³-hybridized carbons (Fsp3) is 0.500. The second kappa shape index (κ2) is 17.9. The van der Waals surface area contributed by atoms with E-state index in [1.807, 2.05) is 50.2 Å². The molecule has 45 heavy (non-hydrogen) atoms. The molecule has 244 valence electrons. The van der Waals surface area contributed by atoms with Crippen molar-refractivity contribution in [1.29, 1.82) is 0 Å². The lowest BCUT2D eigenvalue weighted by molar-refractivity contribution is -0.149. The van der Waals surface area contributed by atoms with Gasteiger partial charge in [0.25, 0.3) is 0 Å². The highest BCUT2D eigenvalue weighted by Crippen LogP contribution is 2.21. The van der Waals surface area contributed by atoms with E-state index in [-0.39, 0.29) is 24.8 Å². The van der Waals surface area contributed by atoms with Gasteiger partial charge in [0.15, 0.2) is 0 Å². The summed E-state index contributed by atoms with van der Waals surface area (Å²) in [6.07, 6.45) is 3.52. The number of nitrogens with zero attached hydrogens (tertiary/aromatic N) is 1. The molecule has 2 aromatic carbocycles. The minimum atomic E-state index is -1.06. The van der Waals surface area contributed by atoms with E-state index in [2.05, 4.69) is 10.6 Å². The number of esters is 1. The van der Waals surface area contributed by atoms with Crippen molar-refractivity contribution in [3.8, 4) is 0 Å². The molecule has 0 bridgehead atoms. The molecule has 0 spiro atoms. The quantitative estimate of drug-likeness (QED) is 0.154. The molecule has 2 aromatic rings. The molecule has 3 rings (SSSR count). The monoisotopic (exact) mass is 622 g/mol. The normalized spacial score (nSPS) is 17.0. The van der Waals surface area contributed by atoms with Crippen molar-refractivity contribution in [2.24, 2.45) is 11.7 Å². The van der Waals surface area contributed by atoms with Gasteiger partial charge < -0.3 is 31.1 Å². The van der Waals surface area contributed by atoms with Crippen LogP contribution in [-0.4, -0.2) is 77.0 Å². The number of ether oxygens (including phenoxy) is 1. The molecule has 0 aliphatic carbocycles. The largest absolute Gasteiger partial charge is 0.480 e. The van der Waals surface area contributed by atoms with Crippen LogP contribution in [0, 0.1) is 5.92 Å². The molecule has 1 saturated heterocycles. The van der Waals surface area contributed by atoms with Crippen molar-refractivity contribution in [3.63, 3.8) is 0 Å². The first-order chi connectivity index (χ1) is 21.7. The zero-order valence-electron chi connectivity index (χ0n) is 26.2. The van der Waals surface area contributed by atoms with E-state index in [1.165, 1.54) is 4.90 Å². The van der Waals surface area contributed by atoms with Crippen molar-refractivity contribution < 1.29 is 33.8 Å². The Morgan fingerprint density at radius 2 is 1.60 bits per heavy atom. The fourth-order valence-corrected chi connectivity index (χ4v) is 5.67. The number of carbonyl (C=O) groups excluding carboxylic acids is 4. The van der Waals surface area contributed by atoms with E-state index in [0.717, 1.165) is 5.56 Å². The lowest BCUT2D eigenvalue weighted by Crippen LogP contribution is -2.56. The number of likely N-dealkylation sites (tertiary alicyclic amines) is 1. The van der Waals surface area contributed by atoms with Crippen LogP contribution in [0.4, 0.5) is 0 Å². The maximum atomic E-state index is 13.6. The Morgan fingerprint density at radius 3 is 2.22 bits per heavy atom. The summed E-state index contributed by atoms with van der Waals surface area (Å²) in [7, 11) is 0. The predicted octanol–water partition coefficient (Wildman–Crippen LogP) is 3.07. The Morgan fingerprint density at radius 1 is 0.933 bits per heavy atom. The van der Waals surface area contributed by atoms with Gasteiger partial charge in [-0.05, 0) is 62.6 Å². The van der Waals surface area contributed by atoms with E-state index >= 15 is 0 Å². The molecule has 5 N–H and O–H groups in total. The van der Waals surface area contributed by atoms with Crippen molar-refractivity contribution in [1.82, 2.24) is 15.5 Å². The molecule has 1 aliphatic heterocycles. The number of carbonyl (C=O) groups is 5. The second-order valence-electron chi connectivity index (χ2n) is 11.4. The molecule has 0 aromatic heterocycles. The topological polar surface area (TPSA) is 168 Å². The highest BCUT2D eigenvalue weighted by atomic mass is 16.5. The first kappa shape index (κ1) is 35.2. The fourth-order valence-electron chi connectivity index (χ4n) is 5.67. The number of carboxylic acids is 1. The standard InChI is InChI=1S/C34H46N4O7/c1-3-25(27(4-2)36-31(40)26(35)18-11-12-21-45-34(44)24-16-9-6-10-17-24)30(39)37-28(22-23-14-7-5-8-15-23)32(41)38-20-13-19-29(38)33(42)43/h5-10,14-17,25-29H,3-4,11-13,18-22,35H2,1-2H3,(H,36,40)(H,37,39)(H,42,43)/t25?,26-,27-,28-,29+/m0/s1. The van der Waals surface area contributed by atoms with Gasteiger partial charge in [0.05, 0.1) is 24.1 Å². The number of hydrogen-bond donors (Lipinski definition) is 4. The van der Waals surface area contributed by atoms with E-state index in [1.54, 1.807) is 24.3 Å². The molecule has 1 unspecified atom stereocenters. The molecule has 11 heteroatoms. The number of amides is 3. The third kappa shape index (κ3) is 10.4. The summed E-state index contributed by atoms with van der Waals surface area (Å²) in [4.78, 5) is 65.4. The van der Waals surface area contributed by atoms with Crippen LogP contribution < -0.4 is 16.4 Å². The predicted molar refractivity (Wildman–Crippen MR) is 169 cm³/mol. The number of nitrogens with one attached hydrogen (secondary N) is 2. The van der Waals surface area contributed by atoms with Crippen LogP contribution in [0.5, 0.6) is 0 Å². The van der Waals surface area contributed by atoms with Gasteiger partial charge in [-0.2, -0.15) is 0 Å². The summed E-state index contributed by atoms with van der Waals surface area (Å²) in [5, 5.41) is 15.5. The van der Waals surface area contributed by atoms with Crippen molar-refractivity contribution in [2.45, 2.75) is 89.4 Å². The zero-order valence-corrected chi connectivity index (χ0v) is 26.2. The van der Waals surface area contributed by atoms with Gasteiger partial charge in [-0.1, -0.05) is 62.4 Å². The van der Waals surface area contributed by atoms with Gasteiger partial charge >= 0.3 is 11.9 Å². The highest BCUT2D eigenvalue weighted by molar-refractivity contribution is 5.92. The van der Waals surface area contributed by atoms with E-state index in [4.69, 9.17) is 10.5 Å². The number of unbranched alkanes of at least 4 members (excludes halogenated alkanes) is 1. The Labute approximate surface area is 264 Å². The van der Waals surface area contributed by atoms with E-state index in [0.29, 0.717) is 57.1 Å². The molecule has 0 saturated carbocycles. The van der Waals surface area contributed by atoms with Gasteiger partial charge in [-0.25, -0.2) is 9.59 Å².